The molecule has 1 aromatic rings. The smallest absolute Gasteiger partial charge is 0.320 e. The van der Waals surface area contributed by atoms with Crippen LogP contribution in [-0.2, 0) is 14.9 Å². The van der Waals surface area contributed by atoms with Crippen molar-refractivity contribution in [1.82, 2.24) is 0 Å². The number of aliphatic carboxylic acids is 1. The largest absolute Gasteiger partial charge is 0.480 e. The topological polar surface area (TPSA) is 182 Å². The normalized spacial score (nSPS) is 11.8. The van der Waals surface area contributed by atoms with Crippen LogP contribution in [-0.4, -0.2) is 42.6 Å². The number of hydrogen-bond donors (Lipinski definition) is 5. The van der Waals surface area contributed by atoms with Crippen LogP contribution in [0, 0.1) is 6.92 Å². The second-order valence-corrected chi connectivity index (χ2v) is 6.02. The Balaban J connectivity index is 0.000000422. The molecule has 0 radical (unpaired) electrons. The summed E-state index contributed by atoms with van der Waals surface area (Å²) in [4.78, 5) is 13.9. The summed E-state index contributed by atoms with van der Waals surface area (Å²) >= 11 is 0. The van der Waals surface area contributed by atoms with E-state index in [2.05, 4.69) is 4.99 Å². The number of guanidine groups is 1. The predicted molar refractivity (Wildman–Crippen MR) is 86.5 cm³/mol. The Hall–Kier alpha value is -2.17. The van der Waals surface area contributed by atoms with Crippen LogP contribution in [0.2, 0.25) is 0 Å². The van der Waals surface area contributed by atoms with Gasteiger partial charge in [0.2, 0.25) is 0 Å². The summed E-state index contributed by atoms with van der Waals surface area (Å²) in [6.07, 6.45) is 0.956. The Morgan fingerprint density at radius 1 is 1.30 bits per heavy atom. The van der Waals surface area contributed by atoms with Gasteiger partial charge in [0.05, 0.1) is 4.90 Å². The van der Waals surface area contributed by atoms with Crippen LogP contribution in [0.3, 0.4) is 0 Å². The molecule has 23 heavy (non-hydrogen) atoms. The maximum Gasteiger partial charge on any atom is 0.320 e. The molecule has 10 heteroatoms. The van der Waals surface area contributed by atoms with Crippen molar-refractivity contribution in [2.75, 3.05) is 6.54 Å². The SMILES string of the molecule is Cc1ccccc1S(=O)(=O)O.NC(N)=NCCCC(N)C(=O)O. The van der Waals surface area contributed by atoms with Crippen molar-refractivity contribution in [2.24, 2.45) is 22.2 Å². The standard InChI is InChI=1S/C7H8O3S.C6H14N4O2/c1-6-4-2-3-5-7(6)11(8,9)10;7-4(5(11)12)2-1-3-10-6(8)9/h2-5H,1H3,(H,8,9,10);4H,1-3,7H2,(H,11,12)(H4,8,9,10). The van der Waals surface area contributed by atoms with Gasteiger partial charge in [-0.15, -0.1) is 0 Å². The average molecular weight is 346 g/mol. The van der Waals surface area contributed by atoms with Crippen molar-refractivity contribution in [1.29, 1.82) is 0 Å². The summed E-state index contributed by atoms with van der Waals surface area (Å²) in [5, 5.41) is 8.38. The van der Waals surface area contributed by atoms with Crippen LogP contribution in [0.25, 0.3) is 0 Å². The molecule has 0 saturated carbocycles. The number of carboxylic acids is 1. The summed E-state index contributed by atoms with van der Waals surface area (Å²) in [5.74, 6) is -0.987. The van der Waals surface area contributed by atoms with Gasteiger partial charge in [-0.25, -0.2) is 0 Å². The molecule has 0 fully saturated rings. The zero-order valence-electron chi connectivity index (χ0n) is 12.7. The first kappa shape index (κ1) is 20.8. The highest BCUT2D eigenvalue weighted by Crippen LogP contribution is 2.12. The van der Waals surface area contributed by atoms with E-state index in [-0.39, 0.29) is 10.9 Å². The van der Waals surface area contributed by atoms with Crippen LogP contribution in [0.1, 0.15) is 18.4 Å². The number of nitrogens with zero attached hydrogens (tertiary/aromatic N) is 1. The zero-order valence-corrected chi connectivity index (χ0v) is 13.5. The molecule has 0 aliphatic carbocycles. The minimum atomic E-state index is -4.03. The van der Waals surface area contributed by atoms with E-state index in [9.17, 15) is 13.2 Å². The fourth-order valence-corrected chi connectivity index (χ4v) is 2.21. The summed E-state index contributed by atoms with van der Waals surface area (Å²) in [5.41, 5.74) is 15.9. The molecule has 0 spiro atoms. The third-order valence-corrected chi connectivity index (χ3v) is 3.67. The van der Waals surface area contributed by atoms with Gasteiger partial charge < -0.3 is 22.3 Å². The monoisotopic (exact) mass is 346 g/mol. The van der Waals surface area contributed by atoms with Crippen LogP contribution in [0.4, 0.5) is 0 Å². The molecule has 1 rings (SSSR count). The van der Waals surface area contributed by atoms with Gasteiger partial charge in [-0.2, -0.15) is 8.42 Å². The summed E-state index contributed by atoms with van der Waals surface area (Å²) < 4.78 is 29.9. The number of rotatable bonds is 6. The fourth-order valence-electron chi connectivity index (χ4n) is 1.49. The molecule has 0 saturated heterocycles. The maximum atomic E-state index is 10.6. The number of hydrogen-bond acceptors (Lipinski definition) is 5. The minimum Gasteiger partial charge on any atom is -0.480 e. The van der Waals surface area contributed by atoms with Crippen molar-refractivity contribution < 1.29 is 22.9 Å². The molecule has 1 aromatic carbocycles. The van der Waals surface area contributed by atoms with E-state index < -0.39 is 22.1 Å². The number of carboxylic acid groups (broad SMARTS) is 1. The predicted octanol–water partition coefficient (Wildman–Crippen LogP) is -0.306. The Morgan fingerprint density at radius 3 is 2.26 bits per heavy atom. The van der Waals surface area contributed by atoms with Crippen molar-refractivity contribution in [2.45, 2.75) is 30.7 Å². The molecule has 1 atom stereocenters. The lowest BCUT2D eigenvalue weighted by Crippen LogP contribution is -2.30. The lowest BCUT2D eigenvalue weighted by Gasteiger charge is -2.03. The van der Waals surface area contributed by atoms with Gasteiger partial charge in [-0.3, -0.25) is 14.3 Å². The number of benzene rings is 1. The van der Waals surface area contributed by atoms with E-state index in [0.29, 0.717) is 24.9 Å². The zero-order chi connectivity index (χ0) is 18.0. The number of aliphatic imine (C=N–C) groups is 1. The average Bonchev–Trinajstić information content (AvgIpc) is 2.43. The van der Waals surface area contributed by atoms with Gasteiger partial charge >= 0.3 is 5.97 Å². The maximum absolute atomic E-state index is 10.6. The third-order valence-electron chi connectivity index (χ3n) is 2.66. The van der Waals surface area contributed by atoms with E-state index in [0.717, 1.165) is 0 Å². The molecule has 0 aliphatic heterocycles. The lowest BCUT2D eigenvalue weighted by molar-refractivity contribution is -0.138. The molecule has 0 aromatic heterocycles. The number of nitrogens with two attached hydrogens (primary N) is 3. The highest BCUT2D eigenvalue weighted by atomic mass is 32.2. The molecule has 0 bridgehead atoms. The fraction of sp³-hybridized carbons (Fsp3) is 0.385. The van der Waals surface area contributed by atoms with E-state index in [4.69, 9.17) is 26.9 Å². The van der Waals surface area contributed by atoms with Gasteiger partial charge in [0.1, 0.15) is 6.04 Å². The van der Waals surface area contributed by atoms with Gasteiger partial charge in [0.15, 0.2) is 5.96 Å². The van der Waals surface area contributed by atoms with Crippen LogP contribution in [0.15, 0.2) is 34.2 Å². The molecule has 1 unspecified atom stereocenters. The molecule has 8 N–H and O–H groups in total. The van der Waals surface area contributed by atoms with Crippen LogP contribution < -0.4 is 17.2 Å². The van der Waals surface area contributed by atoms with Crippen molar-refractivity contribution in [3.8, 4) is 0 Å². The van der Waals surface area contributed by atoms with Crippen molar-refractivity contribution >= 4 is 22.0 Å². The minimum absolute atomic E-state index is 0.0129. The third kappa shape index (κ3) is 9.45. The van der Waals surface area contributed by atoms with E-state index in [1.54, 1.807) is 25.1 Å². The highest BCUT2D eigenvalue weighted by molar-refractivity contribution is 7.85. The lowest BCUT2D eigenvalue weighted by atomic mass is 10.2. The Labute approximate surface area is 134 Å². The summed E-state index contributed by atoms with van der Waals surface area (Å²) in [6, 6.07) is 5.45. The van der Waals surface area contributed by atoms with E-state index in [1.165, 1.54) is 6.07 Å². The van der Waals surface area contributed by atoms with E-state index in [1.807, 2.05) is 0 Å². The second-order valence-electron chi connectivity index (χ2n) is 4.63. The first-order valence-electron chi connectivity index (χ1n) is 6.62. The Kier molecular flexibility index (Phi) is 8.85. The molecular formula is C13H22N4O5S. The van der Waals surface area contributed by atoms with Gasteiger partial charge in [-0.05, 0) is 31.4 Å². The molecule has 0 amide bonds. The highest BCUT2D eigenvalue weighted by Gasteiger charge is 2.10. The molecular weight excluding hydrogens is 324 g/mol. The van der Waals surface area contributed by atoms with Gasteiger partial charge in [0, 0.05) is 6.54 Å². The quantitative estimate of drug-likeness (QED) is 0.201. The second kappa shape index (κ2) is 9.77. The van der Waals surface area contributed by atoms with Crippen LogP contribution in [0.5, 0.6) is 0 Å². The molecule has 9 nitrogen and oxygen atoms in total. The number of aryl methyl sites for hydroxylation is 1. The van der Waals surface area contributed by atoms with Crippen molar-refractivity contribution in [3.63, 3.8) is 0 Å². The molecule has 0 aliphatic rings. The first-order chi connectivity index (χ1) is 10.6. The summed E-state index contributed by atoms with van der Waals surface area (Å²) in [6.45, 7) is 2.05. The Bertz CT molecular complexity index is 642. The first-order valence-corrected chi connectivity index (χ1v) is 8.06. The van der Waals surface area contributed by atoms with E-state index >= 15 is 0 Å². The van der Waals surface area contributed by atoms with Crippen molar-refractivity contribution in [3.05, 3.63) is 29.8 Å². The summed E-state index contributed by atoms with van der Waals surface area (Å²) in [7, 11) is -4.03. The van der Waals surface area contributed by atoms with Gasteiger partial charge in [-0.1, -0.05) is 18.2 Å². The van der Waals surface area contributed by atoms with Gasteiger partial charge in [0.25, 0.3) is 10.1 Å². The Morgan fingerprint density at radius 2 is 1.87 bits per heavy atom. The molecule has 0 heterocycles. The number of carbonyl (C=O) groups is 1. The van der Waals surface area contributed by atoms with Crippen LogP contribution >= 0.6 is 0 Å². The molecule has 130 valence electrons.